The summed E-state index contributed by atoms with van der Waals surface area (Å²) in [5.74, 6) is 0.170. The van der Waals surface area contributed by atoms with Gasteiger partial charge in [-0.1, -0.05) is 20.8 Å². The number of carbonyl (C=O) groups is 1. The summed E-state index contributed by atoms with van der Waals surface area (Å²) in [6.07, 6.45) is 2.24. The van der Waals surface area contributed by atoms with E-state index in [9.17, 15) is 4.79 Å². The van der Waals surface area contributed by atoms with E-state index in [1.54, 1.807) is 12.3 Å². The maximum atomic E-state index is 11.5. The van der Waals surface area contributed by atoms with Crippen LogP contribution in [0.4, 0.5) is 0 Å². The predicted octanol–water partition coefficient (Wildman–Crippen LogP) is 2.42. The normalized spacial score (nSPS) is 10.7. The molecule has 0 aliphatic rings. The third-order valence-electron chi connectivity index (χ3n) is 2.15. The van der Waals surface area contributed by atoms with Crippen molar-refractivity contribution in [2.75, 3.05) is 0 Å². The molecule has 0 bridgehead atoms. The van der Waals surface area contributed by atoms with E-state index in [1.807, 2.05) is 13.0 Å². The monoisotopic (exact) mass is 208 g/mol. The van der Waals surface area contributed by atoms with Gasteiger partial charge < -0.3 is 5.32 Å². The summed E-state index contributed by atoms with van der Waals surface area (Å²) in [7, 11) is 0. The van der Waals surface area contributed by atoms with E-state index in [0.717, 1.165) is 11.3 Å². The van der Waals surface area contributed by atoms with Gasteiger partial charge in [-0.3, -0.25) is 9.78 Å². The Morgan fingerprint density at radius 2 is 2.33 bits per heavy atom. The van der Waals surface area contributed by atoms with Crippen LogP contribution in [0.1, 0.15) is 44.7 Å². The second kappa shape index (κ2) is 5.61. The van der Waals surface area contributed by atoms with Gasteiger partial charge in [-0.05, 0) is 12.1 Å². The average molecular weight is 208 g/mol. The van der Waals surface area contributed by atoms with E-state index >= 15 is 0 Å². The molecule has 0 fully saturated rings. The molecule has 1 heterocycles. The second-order valence-corrected chi connectivity index (χ2v) is 3.85. The maximum absolute atomic E-state index is 11.5. The highest BCUT2D eigenvalue weighted by Gasteiger charge is 2.04. The van der Waals surface area contributed by atoms with Gasteiger partial charge in [0.2, 0.25) is 0 Å². The molecule has 0 aromatic carbocycles. The number of ketones is 1. The molecule has 1 aromatic heterocycles. The van der Waals surface area contributed by atoms with Gasteiger partial charge >= 0.3 is 0 Å². The van der Waals surface area contributed by atoms with E-state index < -0.39 is 0 Å². The first-order valence-corrected chi connectivity index (χ1v) is 5.35. The smallest absolute Gasteiger partial charge is 0.162 e. The molecular formula is C12H20N2O. The third-order valence-corrected chi connectivity index (χ3v) is 2.15. The number of aromatic nitrogens is 1. The van der Waals surface area contributed by atoms with Crippen LogP contribution < -0.4 is 5.32 Å². The lowest BCUT2D eigenvalue weighted by molar-refractivity contribution is 0.0988. The second-order valence-electron chi connectivity index (χ2n) is 3.85. The van der Waals surface area contributed by atoms with Gasteiger partial charge in [0, 0.05) is 32.2 Å². The van der Waals surface area contributed by atoms with Crippen LogP contribution >= 0.6 is 0 Å². The zero-order valence-corrected chi connectivity index (χ0v) is 9.58. The highest BCUT2D eigenvalue weighted by molar-refractivity contribution is 5.95. The first-order valence-electron chi connectivity index (χ1n) is 5.35. The summed E-state index contributed by atoms with van der Waals surface area (Å²) in [6, 6.07) is 4.06. The number of nitrogens with one attached hydrogen (secondary N) is 1. The number of hydrogen-bond donors (Lipinski definition) is 1. The van der Waals surface area contributed by atoms with Crippen molar-refractivity contribution in [3.8, 4) is 0 Å². The van der Waals surface area contributed by atoms with Gasteiger partial charge in [0.05, 0.1) is 5.69 Å². The topological polar surface area (TPSA) is 42.0 Å². The zero-order valence-electron chi connectivity index (χ0n) is 9.58. The van der Waals surface area contributed by atoms with Crippen molar-refractivity contribution >= 4 is 5.78 Å². The number of Topliss-reactive ketones (excluding diaryl/α,β-unsaturated/α-hetero) is 1. The lowest BCUT2D eigenvalue weighted by atomic mass is 10.1. The highest BCUT2D eigenvalue weighted by atomic mass is 16.1. The number of pyridine rings is 1. The summed E-state index contributed by atoms with van der Waals surface area (Å²) < 4.78 is 0. The highest BCUT2D eigenvalue weighted by Crippen LogP contribution is 2.05. The van der Waals surface area contributed by atoms with Gasteiger partial charge in [0.25, 0.3) is 0 Å². The maximum Gasteiger partial charge on any atom is 0.162 e. The summed E-state index contributed by atoms with van der Waals surface area (Å²) in [5.41, 5.74) is 1.68. The fraction of sp³-hybridized carbons (Fsp3) is 0.500. The molecule has 1 rings (SSSR count). The standard InChI is InChI=1S/C12H18N2O.H2/c1-4-12(15)10-5-6-13-11(7-10)8-14-9(2)3;/h5-7,9,14H,4,8H2,1-3H3;1H. The Hall–Kier alpha value is -1.22. The van der Waals surface area contributed by atoms with Gasteiger partial charge in [0.1, 0.15) is 0 Å². The minimum Gasteiger partial charge on any atom is -0.309 e. The minimum atomic E-state index is 0. The predicted molar refractivity (Wildman–Crippen MR) is 62.9 cm³/mol. The van der Waals surface area contributed by atoms with E-state index in [1.165, 1.54) is 0 Å². The lowest BCUT2D eigenvalue weighted by Crippen LogP contribution is -2.22. The molecule has 0 spiro atoms. The van der Waals surface area contributed by atoms with Crippen molar-refractivity contribution in [1.29, 1.82) is 0 Å². The quantitative estimate of drug-likeness (QED) is 0.756. The van der Waals surface area contributed by atoms with E-state index in [-0.39, 0.29) is 7.21 Å². The largest absolute Gasteiger partial charge is 0.309 e. The van der Waals surface area contributed by atoms with Gasteiger partial charge in [-0.2, -0.15) is 0 Å². The Labute approximate surface area is 92.4 Å². The molecule has 0 aliphatic carbocycles. The average Bonchev–Trinajstić information content (AvgIpc) is 2.25. The van der Waals surface area contributed by atoms with Crippen LogP contribution in [-0.2, 0) is 6.54 Å². The van der Waals surface area contributed by atoms with Crippen LogP contribution in [0.15, 0.2) is 18.3 Å². The van der Waals surface area contributed by atoms with Crippen molar-refractivity contribution in [2.45, 2.75) is 39.8 Å². The molecule has 0 saturated heterocycles. The molecular weight excluding hydrogens is 188 g/mol. The van der Waals surface area contributed by atoms with Crippen LogP contribution in [0.2, 0.25) is 0 Å². The van der Waals surface area contributed by atoms with Crippen LogP contribution in [0.3, 0.4) is 0 Å². The molecule has 0 radical (unpaired) electrons. The van der Waals surface area contributed by atoms with Crippen LogP contribution in [-0.4, -0.2) is 16.8 Å². The van der Waals surface area contributed by atoms with Crippen molar-refractivity contribution < 1.29 is 6.22 Å². The Bertz CT molecular complexity index is 340. The number of hydrogen-bond acceptors (Lipinski definition) is 3. The van der Waals surface area contributed by atoms with E-state index in [0.29, 0.717) is 19.0 Å². The van der Waals surface area contributed by atoms with E-state index in [4.69, 9.17) is 0 Å². The number of nitrogens with zero attached hydrogens (tertiary/aromatic N) is 1. The molecule has 84 valence electrons. The van der Waals surface area contributed by atoms with Gasteiger partial charge in [0.15, 0.2) is 5.78 Å². The third kappa shape index (κ3) is 3.80. The fourth-order valence-corrected chi connectivity index (χ4v) is 1.26. The molecule has 15 heavy (non-hydrogen) atoms. The van der Waals surface area contributed by atoms with Crippen LogP contribution in [0.25, 0.3) is 0 Å². The van der Waals surface area contributed by atoms with Crippen LogP contribution in [0, 0.1) is 0 Å². The molecule has 0 saturated carbocycles. The summed E-state index contributed by atoms with van der Waals surface area (Å²) in [4.78, 5) is 15.7. The molecule has 3 nitrogen and oxygen atoms in total. The van der Waals surface area contributed by atoms with Crippen molar-refractivity contribution in [2.24, 2.45) is 0 Å². The molecule has 0 aliphatic heterocycles. The van der Waals surface area contributed by atoms with Gasteiger partial charge in [-0.25, -0.2) is 0 Å². The molecule has 1 N–H and O–H groups in total. The van der Waals surface area contributed by atoms with Crippen LogP contribution in [0.5, 0.6) is 0 Å². The Kier molecular flexibility index (Phi) is 4.43. The Morgan fingerprint density at radius 1 is 1.60 bits per heavy atom. The summed E-state index contributed by atoms with van der Waals surface area (Å²) in [6.45, 7) is 6.75. The summed E-state index contributed by atoms with van der Waals surface area (Å²) >= 11 is 0. The first kappa shape index (κ1) is 11.9. The fourth-order valence-electron chi connectivity index (χ4n) is 1.26. The van der Waals surface area contributed by atoms with Crippen molar-refractivity contribution in [3.05, 3.63) is 29.6 Å². The molecule has 3 heteroatoms. The zero-order chi connectivity index (χ0) is 11.3. The lowest BCUT2D eigenvalue weighted by Gasteiger charge is -2.07. The molecule has 0 amide bonds. The molecule has 1 aromatic rings. The minimum absolute atomic E-state index is 0. The first-order chi connectivity index (χ1) is 7.13. The summed E-state index contributed by atoms with van der Waals surface area (Å²) in [5, 5.41) is 3.27. The van der Waals surface area contributed by atoms with E-state index in [2.05, 4.69) is 24.1 Å². The van der Waals surface area contributed by atoms with Crippen molar-refractivity contribution in [1.82, 2.24) is 10.3 Å². The van der Waals surface area contributed by atoms with Gasteiger partial charge in [-0.15, -0.1) is 0 Å². The Morgan fingerprint density at radius 3 is 2.93 bits per heavy atom. The number of carbonyl (C=O) groups excluding carboxylic acids is 1. The molecule has 0 unspecified atom stereocenters. The SMILES string of the molecule is CCC(=O)c1ccnc(CNC(C)C)c1.[HH]. The number of rotatable bonds is 5. The van der Waals surface area contributed by atoms with Crippen molar-refractivity contribution in [3.63, 3.8) is 0 Å². The molecule has 0 atom stereocenters. The Balaban J connectivity index is 0.00000225.